The van der Waals surface area contributed by atoms with Crippen LogP contribution in [-0.4, -0.2) is 16.5 Å². The van der Waals surface area contributed by atoms with Gasteiger partial charge in [0.15, 0.2) is 0 Å². The van der Waals surface area contributed by atoms with E-state index in [-0.39, 0.29) is 18.2 Å². The average Bonchev–Trinajstić information content (AvgIpc) is 2.46. The summed E-state index contributed by atoms with van der Waals surface area (Å²) in [7, 11) is 0. The van der Waals surface area contributed by atoms with E-state index in [0.717, 1.165) is 0 Å². The van der Waals surface area contributed by atoms with Crippen LogP contribution in [-0.2, 0) is 6.61 Å². The van der Waals surface area contributed by atoms with E-state index < -0.39 is 10.7 Å². The smallest absolute Gasteiger partial charge is 0.278 e. The van der Waals surface area contributed by atoms with Crippen molar-refractivity contribution in [3.63, 3.8) is 0 Å². The Kier molecular flexibility index (Phi) is 4.65. The third-order valence-electron chi connectivity index (χ3n) is 2.69. The first kappa shape index (κ1) is 14.7. The minimum atomic E-state index is -0.529. The fourth-order valence-electron chi connectivity index (χ4n) is 1.71. The molecular weight excluding hydrogens is 277 g/mol. The molecule has 0 aliphatic carbocycles. The second kappa shape index (κ2) is 6.65. The van der Waals surface area contributed by atoms with Crippen molar-refractivity contribution >= 4 is 11.5 Å². The van der Waals surface area contributed by atoms with Crippen LogP contribution in [0.4, 0.5) is 15.9 Å². The van der Waals surface area contributed by atoms with Crippen molar-refractivity contribution in [2.75, 3.05) is 11.9 Å². The van der Waals surface area contributed by atoms with Crippen LogP contribution in [0.25, 0.3) is 0 Å². The molecule has 0 atom stereocenters. The molecule has 1 aromatic heterocycles. The summed E-state index contributed by atoms with van der Waals surface area (Å²) in [5, 5.41) is 13.8. The van der Waals surface area contributed by atoms with E-state index in [1.165, 1.54) is 18.2 Å². The zero-order valence-corrected chi connectivity index (χ0v) is 11.4. The average molecular weight is 291 g/mol. The molecular formula is C14H14FN3O3. The number of aromatic nitrogens is 1. The molecule has 0 bridgehead atoms. The normalized spacial score (nSPS) is 10.2. The van der Waals surface area contributed by atoms with E-state index in [0.29, 0.717) is 17.9 Å². The van der Waals surface area contributed by atoms with Crippen LogP contribution < -0.4 is 10.1 Å². The molecule has 0 saturated carbocycles. The van der Waals surface area contributed by atoms with Gasteiger partial charge in [-0.3, -0.25) is 10.1 Å². The van der Waals surface area contributed by atoms with Crippen LogP contribution in [0.5, 0.6) is 5.88 Å². The predicted molar refractivity (Wildman–Crippen MR) is 75.8 cm³/mol. The monoisotopic (exact) mass is 291 g/mol. The van der Waals surface area contributed by atoms with Crippen molar-refractivity contribution in [1.29, 1.82) is 0 Å². The summed E-state index contributed by atoms with van der Waals surface area (Å²) in [5.41, 5.74) is 0.222. The first-order chi connectivity index (χ1) is 10.1. The highest BCUT2D eigenvalue weighted by atomic mass is 19.1. The van der Waals surface area contributed by atoms with Crippen LogP contribution in [0, 0.1) is 15.9 Å². The molecule has 0 amide bonds. The second-order valence-corrected chi connectivity index (χ2v) is 4.22. The Morgan fingerprint density at radius 3 is 2.81 bits per heavy atom. The number of pyridine rings is 1. The first-order valence-corrected chi connectivity index (χ1v) is 6.36. The van der Waals surface area contributed by atoms with Gasteiger partial charge in [0.2, 0.25) is 5.88 Å². The number of nitrogens with zero attached hydrogens (tertiary/aromatic N) is 2. The quantitative estimate of drug-likeness (QED) is 0.653. The maximum absolute atomic E-state index is 13.5. The molecule has 21 heavy (non-hydrogen) atoms. The lowest BCUT2D eigenvalue weighted by molar-refractivity contribution is -0.384. The van der Waals surface area contributed by atoms with Crippen molar-refractivity contribution in [1.82, 2.24) is 4.98 Å². The van der Waals surface area contributed by atoms with Gasteiger partial charge in [0.1, 0.15) is 18.2 Å². The van der Waals surface area contributed by atoms with Gasteiger partial charge in [0, 0.05) is 12.1 Å². The second-order valence-electron chi connectivity index (χ2n) is 4.22. The predicted octanol–water partition coefficient (Wildman–Crippen LogP) is 3.14. The van der Waals surface area contributed by atoms with Gasteiger partial charge in [-0.2, -0.15) is 4.98 Å². The number of halogens is 1. The fraction of sp³-hybridized carbons (Fsp3) is 0.214. The van der Waals surface area contributed by atoms with Gasteiger partial charge in [-0.15, -0.1) is 0 Å². The summed E-state index contributed by atoms with van der Waals surface area (Å²) in [4.78, 5) is 14.4. The maximum Gasteiger partial charge on any atom is 0.278 e. The lowest BCUT2D eigenvalue weighted by Crippen LogP contribution is -2.04. The van der Waals surface area contributed by atoms with Crippen LogP contribution in [0.2, 0.25) is 0 Å². The van der Waals surface area contributed by atoms with Crippen molar-refractivity contribution in [2.45, 2.75) is 13.5 Å². The third-order valence-corrected chi connectivity index (χ3v) is 2.69. The van der Waals surface area contributed by atoms with Gasteiger partial charge in [-0.1, -0.05) is 18.2 Å². The maximum atomic E-state index is 13.5. The summed E-state index contributed by atoms with van der Waals surface area (Å²) in [5.74, 6) is 0.0217. The number of benzene rings is 1. The van der Waals surface area contributed by atoms with E-state index in [4.69, 9.17) is 4.74 Å². The van der Waals surface area contributed by atoms with Crippen molar-refractivity contribution in [3.05, 3.63) is 57.9 Å². The van der Waals surface area contributed by atoms with Gasteiger partial charge in [-0.05, 0) is 13.0 Å². The Balaban J connectivity index is 2.19. The number of hydrogen-bond donors (Lipinski definition) is 1. The highest BCUT2D eigenvalue weighted by Crippen LogP contribution is 2.23. The molecule has 1 aromatic carbocycles. The molecule has 2 aromatic rings. The number of rotatable bonds is 6. The largest absolute Gasteiger partial charge is 0.472 e. The summed E-state index contributed by atoms with van der Waals surface area (Å²) in [6.07, 6.45) is 0. The van der Waals surface area contributed by atoms with E-state index in [2.05, 4.69) is 10.3 Å². The highest BCUT2D eigenvalue weighted by Gasteiger charge is 2.12. The molecule has 0 unspecified atom stereocenters. The first-order valence-electron chi connectivity index (χ1n) is 6.36. The van der Waals surface area contributed by atoms with Gasteiger partial charge >= 0.3 is 0 Å². The number of hydrogen-bond acceptors (Lipinski definition) is 5. The van der Waals surface area contributed by atoms with E-state index in [9.17, 15) is 14.5 Å². The zero-order valence-electron chi connectivity index (χ0n) is 11.4. The topological polar surface area (TPSA) is 77.3 Å². The molecule has 0 aliphatic heterocycles. The van der Waals surface area contributed by atoms with Crippen molar-refractivity contribution in [3.8, 4) is 5.88 Å². The minimum absolute atomic E-state index is 0.0492. The molecule has 0 saturated heterocycles. The van der Waals surface area contributed by atoms with E-state index in [1.54, 1.807) is 18.2 Å². The summed E-state index contributed by atoms with van der Waals surface area (Å²) < 4.78 is 18.8. The van der Waals surface area contributed by atoms with Crippen LogP contribution >= 0.6 is 0 Å². The SMILES string of the molecule is CCNc1cc([N+](=O)[O-])cc(OCc2ccccc2F)n1. The lowest BCUT2D eigenvalue weighted by Gasteiger charge is -2.08. The van der Waals surface area contributed by atoms with Crippen molar-refractivity contribution < 1.29 is 14.1 Å². The zero-order chi connectivity index (χ0) is 15.2. The summed E-state index contributed by atoms with van der Waals surface area (Å²) >= 11 is 0. The number of nitrogens with one attached hydrogen (secondary N) is 1. The summed E-state index contributed by atoms with van der Waals surface area (Å²) in [6.45, 7) is 2.37. The Hall–Kier alpha value is -2.70. The Morgan fingerprint density at radius 1 is 1.38 bits per heavy atom. The molecule has 0 radical (unpaired) electrons. The molecule has 0 spiro atoms. The molecule has 7 heteroatoms. The van der Waals surface area contributed by atoms with Gasteiger partial charge in [0.25, 0.3) is 5.69 Å². The molecule has 0 fully saturated rings. The Labute approximate surface area is 120 Å². The number of nitro groups is 1. The molecule has 0 aliphatic rings. The molecule has 1 N–H and O–H groups in total. The number of anilines is 1. The van der Waals surface area contributed by atoms with Gasteiger partial charge < -0.3 is 10.1 Å². The van der Waals surface area contributed by atoms with E-state index >= 15 is 0 Å². The lowest BCUT2D eigenvalue weighted by atomic mass is 10.2. The van der Waals surface area contributed by atoms with Crippen molar-refractivity contribution in [2.24, 2.45) is 0 Å². The van der Waals surface area contributed by atoms with E-state index in [1.807, 2.05) is 6.92 Å². The van der Waals surface area contributed by atoms with Gasteiger partial charge in [-0.25, -0.2) is 4.39 Å². The standard InChI is InChI=1S/C14H14FN3O3/c1-2-16-13-7-11(18(19)20)8-14(17-13)21-9-10-5-3-4-6-12(10)15/h3-8H,2,9H2,1H3,(H,16,17). The third kappa shape index (κ3) is 3.88. The van der Waals surface area contributed by atoms with Gasteiger partial charge in [0.05, 0.1) is 17.1 Å². The molecule has 110 valence electrons. The summed E-state index contributed by atoms with van der Waals surface area (Å²) in [6, 6.07) is 8.70. The van der Waals surface area contributed by atoms with Crippen LogP contribution in [0.15, 0.2) is 36.4 Å². The Morgan fingerprint density at radius 2 is 2.14 bits per heavy atom. The fourth-order valence-corrected chi connectivity index (χ4v) is 1.71. The Bertz CT molecular complexity index is 649. The minimum Gasteiger partial charge on any atom is -0.472 e. The molecule has 1 heterocycles. The molecule has 6 nitrogen and oxygen atoms in total. The molecule has 2 rings (SSSR count). The number of ether oxygens (including phenoxy) is 1. The van der Waals surface area contributed by atoms with Crippen LogP contribution in [0.1, 0.15) is 12.5 Å². The highest BCUT2D eigenvalue weighted by molar-refractivity contribution is 5.48. The van der Waals surface area contributed by atoms with Crippen LogP contribution in [0.3, 0.4) is 0 Å².